The highest BCUT2D eigenvalue weighted by Crippen LogP contribution is 2.59. The van der Waals surface area contributed by atoms with Crippen molar-refractivity contribution in [2.24, 2.45) is 11.8 Å². The smallest absolute Gasteiger partial charge is 0.438 e. The molecule has 0 radical (unpaired) electrons. The molecular formula is C23H35N3O7. The van der Waals surface area contributed by atoms with Crippen LogP contribution in [0.15, 0.2) is 21.0 Å². The van der Waals surface area contributed by atoms with Crippen molar-refractivity contribution in [3.63, 3.8) is 0 Å². The summed E-state index contributed by atoms with van der Waals surface area (Å²) < 4.78 is 28.5. The Morgan fingerprint density at radius 2 is 2.12 bits per heavy atom. The Bertz CT molecular complexity index is 946. The maximum atomic E-state index is 12.8. The number of alkyl carbamates (subject to hydrolysis) is 1. The first kappa shape index (κ1) is 24.0. The van der Waals surface area contributed by atoms with Crippen molar-refractivity contribution in [3.05, 3.63) is 28.0 Å². The Labute approximate surface area is 193 Å². The number of ether oxygens (including phenoxy) is 4. The molecule has 1 amide bonds. The predicted octanol–water partition coefficient (Wildman–Crippen LogP) is 2.86. The van der Waals surface area contributed by atoms with Crippen LogP contribution in [0.3, 0.4) is 0 Å². The number of allylic oxidation sites excluding steroid dienone is 1. The number of epoxide rings is 2. The largest absolute Gasteiger partial charge is 0.443 e. The van der Waals surface area contributed by atoms with Crippen LogP contribution in [-0.2, 0) is 18.9 Å². The molecule has 1 aromatic heterocycles. The second kappa shape index (κ2) is 8.88. The van der Waals surface area contributed by atoms with Crippen molar-refractivity contribution < 1.29 is 28.3 Å². The summed E-state index contributed by atoms with van der Waals surface area (Å²) in [5.41, 5.74) is 0.567. The number of aromatic amines is 1. The zero-order chi connectivity index (χ0) is 24.0. The first-order chi connectivity index (χ1) is 15.6. The summed E-state index contributed by atoms with van der Waals surface area (Å²) in [5.74, 6) is -0.517. The molecule has 3 heterocycles. The summed E-state index contributed by atoms with van der Waals surface area (Å²) in [5, 5.41) is 6.52. The van der Waals surface area contributed by atoms with Gasteiger partial charge in [0.15, 0.2) is 5.82 Å². The number of methoxy groups -OCH3 is 1. The Morgan fingerprint density at radius 3 is 2.67 bits per heavy atom. The van der Waals surface area contributed by atoms with E-state index in [1.165, 1.54) is 5.57 Å². The van der Waals surface area contributed by atoms with Crippen LogP contribution < -0.4 is 11.1 Å². The maximum Gasteiger partial charge on any atom is 0.438 e. The molecule has 7 atom stereocenters. The minimum absolute atomic E-state index is 0.0478. The molecule has 2 aliphatic heterocycles. The molecule has 1 saturated carbocycles. The standard InChI is InChI=1S/C23H35N3O7/c1-12(2)7-8-15-22(5,32-15)18-17(29-6)14(9-10-23(18)11-30-23)31-20(27)24-16(13(3)4)19-25-21(28)33-26-19/h7,13-18H,8-11H2,1-6H3,(H,24,27)(H,25,26,28)/t14-,15-,16-,17-,18-,22+,23+/m1/s1. The maximum absolute atomic E-state index is 12.8. The molecule has 0 aromatic carbocycles. The van der Waals surface area contributed by atoms with Gasteiger partial charge in [-0.15, -0.1) is 0 Å². The molecule has 2 saturated heterocycles. The number of amides is 1. The zero-order valence-electron chi connectivity index (χ0n) is 20.2. The topological polar surface area (TPSA) is 132 Å². The van der Waals surface area contributed by atoms with E-state index in [9.17, 15) is 9.59 Å². The van der Waals surface area contributed by atoms with E-state index in [1.807, 2.05) is 13.8 Å². The van der Waals surface area contributed by atoms with Gasteiger partial charge < -0.3 is 24.3 Å². The Kier molecular flexibility index (Phi) is 6.45. The summed E-state index contributed by atoms with van der Waals surface area (Å²) in [4.78, 5) is 26.7. The molecule has 10 heteroatoms. The van der Waals surface area contributed by atoms with Gasteiger partial charge in [-0.3, -0.25) is 9.51 Å². The van der Waals surface area contributed by atoms with Crippen molar-refractivity contribution in [1.29, 1.82) is 0 Å². The number of aromatic nitrogens is 2. The van der Waals surface area contributed by atoms with Crippen molar-refractivity contribution in [3.8, 4) is 0 Å². The van der Waals surface area contributed by atoms with Crippen LogP contribution in [0.5, 0.6) is 0 Å². The number of carbonyl (C=O) groups is 1. The molecule has 10 nitrogen and oxygen atoms in total. The third kappa shape index (κ3) is 4.74. The Morgan fingerprint density at radius 1 is 1.39 bits per heavy atom. The van der Waals surface area contributed by atoms with Gasteiger partial charge in [0.25, 0.3) is 0 Å². The number of carbonyl (C=O) groups excluding carboxylic acids is 1. The number of rotatable bonds is 8. The van der Waals surface area contributed by atoms with E-state index in [1.54, 1.807) is 7.11 Å². The van der Waals surface area contributed by atoms with E-state index >= 15 is 0 Å². The molecule has 0 bridgehead atoms. The van der Waals surface area contributed by atoms with E-state index < -0.39 is 29.6 Å². The third-order valence-electron chi connectivity index (χ3n) is 7.19. The second-order valence-corrected chi connectivity index (χ2v) is 10.2. The number of H-pyrrole nitrogens is 1. The van der Waals surface area contributed by atoms with Crippen LogP contribution in [0.2, 0.25) is 0 Å². The van der Waals surface area contributed by atoms with Crippen LogP contribution in [0.4, 0.5) is 4.79 Å². The lowest BCUT2D eigenvalue weighted by Crippen LogP contribution is -2.56. The summed E-state index contributed by atoms with van der Waals surface area (Å²) in [6, 6.07) is -0.555. The van der Waals surface area contributed by atoms with Gasteiger partial charge in [0.1, 0.15) is 23.4 Å². The lowest BCUT2D eigenvalue weighted by Gasteiger charge is -2.42. The minimum atomic E-state index is -0.671. The van der Waals surface area contributed by atoms with Gasteiger partial charge in [-0.25, -0.2) is 9.59 Å². The summed E-state index contributed by atoms with van der Waals surface area (Å²) in [7, 11) is 1.64. The minimum Gasteiger partial charge on any atom is -0.443 e. The van der Waals surface area contributed by atoms with E-state index in [0.717, 1.165) is 12.8 Å². The lowest BCUT2D eigenvalue weighted by atomic mass is 9.68. The Hall–Kier alpha value is -2.17. The number of hydrogen-bond acceptors (Lipinski definition) is 8. The first-order valence-electron chi connectivity index (χ1n) is 11.6. The zero-order valence-corrected chi connectivity index (χ0v) is 20.2. The van der Waals surface area contributed by atoms with E-state index in [2.05, 4.69) is 46.8 Å². The van der Waals surface area contributed by atoms with E-state index in [0.29, 0.717) is 13.0 Å². The average Bonchev–Trinajstić information content (AvgIpc) is 3.62. The normalized spacial score (nSPS) is 35.8. The van der Waals surface area contributed by atoms with Gasteiger partial charge in [-0.05, 0) is 46.0 Å². The first-order valence-corrected chi connectivity index (χ1v) is 11.6. The van der Waals surface area contributed by atoms with Crippen LogP contribution >= 0.6 is 0 Å². The lowest BCUT2D eigenvalue weighted by molar-refractivity contribution is -0.118. The molecule has 3 fully saturated rings. The molecular weight excluding hydrogens is 430 g/mol. The monoisotopic (exact) mass is 465 g/mol. The quantitative estimate of drug-likeness (QED) is 0.442. The molecule has 1 spiro atoms. The molecule has 0 unspecified atom stereocenters. The van der Waals surface area contributed by atoms with Gasteiger partial charge in [0.05, 0.1) is 24.7 Å². The summed E-state index contributed by atoms with van der Waals surface area (Å²) in [6.45, 7) is 10.7. The van der Waals surface area contributed by atoms with Gasteiger partial charge >= 0.3 is 11.8 Å². The molecule has 2 N–H and O–H groups in total. The summed E-state index contributed by atoms with van der Waals surface area (Å²) >= 11 is 0. The Balaban J connectivity index is 1.46. The van der Waals surface area contributed by atoms with Crippen molar-refractivity contribution in [1.82, 2.24) is 15.5 Å². The number of nitrogens with one attached hydrogen (secondary N) is 2. The van der Waals surface area contributed by atoms with Crippen LogP contribution in [0, 0.1) is 11.8 Å². The molecule has 4 rings (SSSR count). The molecule has 184 valence electrons. The van der Waals surface area contributed by atoms with Gasteiger partial charge in [-0.2, -0.15) is 0 Å². The third-order valence-corrected chi connectivity index (χ3v) is 7.19. The van der Waals surface area contributed by atoms with Crippen LogP contribution in [-0.4, -0.2) is 59.5 Å². The van der Waals surface area contributed by atoms with Crippen molar-refractivity contribution in [2.45, 2.75) is 89.4 Å². The highest BCUT2D eigenvalue weighted by Gasteiger charge is 2.72. The second-order valence-electron chi connectivity index (χ2n) is 10.2. The van der Waals surface area contributed by atoms with Crippen molar-refractivity contribution >= 4 is 6.09 Å². The van der Waals surface area contributed by atoms with Gasteiger partial charge in [0.2, 0.25) is 0 Å². The highest BCUT2D eigenvalue weighted by atomic mass is 16.6. The predicted molar refractivity (Wildman–Crippen MR) is 118 cm³/mol. The SMILES string of the molecule is CO[C@@H]1[C@H](OC(=O)N[C@@H](c2noc(=O)[nH]2)C(C)C)CC[C@]2(CO2)[C@H]1[C@@]1(C)O[C@@H]1CC=C(C)C. The summed E-state index contributed by atoms with van der Waals surface area (Å²) in [6.07, 6.45) is 3.08. The van der Waals surface area contributed by atoms with Gasteiger partial charge in [-0.1, -0.05) is 30.7 Å². The van der Waals surface area contributed by atoms with E-state index in [4.69, 9.17) is 18.9 Å². The molecule has 1 aliphatic carbocycles. The number of hydrogen-bond donors (Lipinski definition) is 2. The fourth-order valence-corrected chi connectivity index (χ4v) is 5.29. The molecule has 3 aliphatic rings. The fraction of sp³-hybridized carbons (Fsp3) is 0.783. The fourth-order valence-electron chi connectivity index (χ4n) is 5.29. The van der Waals surface area contributed by atoms with Crippen molar-refractivity contribution in [2.75, 3.05) is 13.7 Å². The average molecular weight is 466 g/mol. The number of nitrogens with zero attached hydrogens (tertiary/aromatic N) is 1. The molecule has 1 aromatic rings. The van der Waals surface area contributed by atoms with E-state index in [-0.39, 0.29) is 35.5 Å². The van der Waals surface area contributed by atoms with Crippen LogP contribution in [0.1, 0.15) is 65.7 Å². The molecule has 33 heavy (non-hydrogen) atoms. The highest BCUT2D eigenvalue weighted by molar-refractivity contribution is 5.68. The van der Waals surface area contributed by atoms with Gasteiger partial charge in [0, 0.05) is 7.11 Å². The van der Waals surface area contributed by atoms with Crippen LogP contribution in [0.25, 0.3) is 0 Å².